The van der Waals surface area contributed by atoms with Gasteiger partial charge >= 0.3 is 12.0 Å². The number of halogens is 1. The first-order valence-electron chi connectivity index (χ1n) is 8.23. The summed E-state index contributed by atoms with van der Waals surface area (Å²) in [5, 5.41) is 13.7. The molecule has 6 nitrogen and oxygen atoms in total. The van der Waals surface area contributed by atoms with Crippen LogP contribution < -0.4 is 5.32 Å². The van der Waals surface area contributed by atoms with Crippen LogP contribution in [0.3, 0.4) is 0 Å². The van der Waals surface area contributed by atoms with Gasteiger partial charge in [-0.05, 0) is 30.5 Å². The van der Waals surface area contributed by atoms with Gasteiger partial charge in [-0.15, -0.1) is 11.3 Å². The quantitative estimate of drug-likeness (QED) is 0.851. The van der Waals surface area contributed by atoms with Crippen LogP contribution in [0.15, 0.2) is 18.2 Å². The van der Waals surface area contributed by atoms with Crippen LogP contribution in [0.25, 0.3) is 10.2 Å². The number of piperidine rings is 1. The summed E-state index contributed by atoms with van der Waals surface area (Å²) < 4.78 is 1.07. The van der Waals surface area contributed by atoms with Crippen molar-refractivity contribution in [1.29, 1.82) is 0 Å². The second-order valence-electron chi connectivity index (χ2n) is 6.48. The predicted octanol–water partition coefficient (Wildman–Crippen LogP) is 3.24. The molecular weight excluding hydrogens is 362 g/mol. The number of rotatable bonds is 4. The first kappa shape index (κ1) is 17.9. The summed E-state index contributed by atoms with van der Waals surface area (Å²) in [6, 6.07) is 5.40. The Morgan fingerprint density at radius 2 is 2.24 bits per heavy atom. The first-order chi connectivity index (χ1) is 11.9. The van der Waals surface area contributed by atoms with E-state index in [0.29, 0.717) is 31.0 Å². The summed E-state index contributed by atoms with van der Waals surface area (Å²) in [5.41, 5.74) is 0.869. The molecule has 8 heteroatoms. The van der Waals surface area contributed by atoms with E-state index in [1.165, 1.54) is 0 Å². The van der Waals surface area contributed by atoms with E-state index in [4.69, 9.17) is 11.6 Å². The number of amides is 2. The van der Waals surface area contributed by atoms with E-state index in [1.54, 1.807) is 16.2 Å². The molecule has 2 amide bonds. The van der Waals surface area contributed by atoms with Gasteiger partial charge in [-0.1, -0.05) is 18.5 Å². The number of hydrogen-bond donors (Lipinski definition) is 2. The molecular formula is C17H20ClN3O3S. The molecule has 2 atom stereocenters. The zero-order valence-electron chi connectivity index (χ0n) is 13.9. The van der Waals surface area contributed by atoms with E-state index in [-0.39, 0.29) is 18.5 Å². The maximum absolute atomic E-state index is 12.3. The number of carbonyl (C=O) groups excluding carboxylic acids is 1. The number of urea groups is 1. The topological polar surface area (TPSA) is 82.5 Å². The van der Waals surface area contributed by atoms with Crippen molar-refractivity contribution >= 4 is 45.2 Å². The predicted molar refractivity (Wildman–Crippen MR) is 98.2 cm³/mol. The Bertz CT molecular complexity index is 795. The molecule has 1 aliphatic rings. The fourth-order valence-electron chi connectivity index (χ4n) is 3.14. The van der Waals surface area contributed by atoms with Crippen LogP contribution in [-0.4, -0.2) is 46.6 Å². The number of likely N-dealkylation sites (tertiary alicyclic amines) is 1. The molecule has 1 fully saturated rings. The molecule has 3 rings (SSSR count). The minimum Gasteiger partial charge on any atom is -0.481 e. The Hall–Kier alpha value is -1.86. The van der Waals surface area contributed by atoms with Gasteiger partial charge in [-0.2, -0.15) is 0 Å². The van der Waals surface area contributed by atoms with Crippen LogP contribution in [0.4, 0.5) is 4.79 Å². The lowest BCUT2D eigenvalue weighted by atomic mass is 9.91. The normalized spacial score (nSPS) is 20.6. The molecule has 0 spiro atoms. The van der Waals surface area contributed by atoms with Crippen molar-refractivity contribution < 1.29 is 14.7 Å². The number of carboxylic acid groups (broad SMARTS) is 1. The van der Waals surface area contributed by atoms with Crippen LogP contribution in [0, 0.1) is 11.8 Å². The fourth-order valence-corrected chi connectivity index (χ4v) is 4.25. The molecule has 2 unspecified atom stereocenters. The zero-order chi connectivity index (χ0) is 18.0. The summed E-state index contributed by atoms with van der Waals surface area (Å²) in [6.07, 6.45) is 1.25. The molecule has 2 heterocycles. The van der Waals surface area contributed by atoms with Gasteiger partial charge in [0.1, 0.15) is 0 Å². The van der Waals surface area contributed by atoms with Gasteiger partial charge in [0.15, 0.2) is 0 Å². The SMILES string of the molecule is CC1CC(C(=O)O)CN(C(=O)NCCc2nc3cc(Cl)ccc3s2)C1. The largest absolute Gasteiger partial charge is 0.481 e. The van der Waals surface area contributed by atoms with Crippen LogP contribution in [0.5, 0.6) is 0 Å². The highest BCUT2D eigenvalue weighted by molar-refractivity contribution is 7.18. The van der Waals surface area contributed by atoms with E-state index in [2.05, 4.69) is 10.3 Å². The van der Waals surface area contributed by atoms with Crippen molar-refractivity contribution in [2.24, 2.45) is 11.8 Å². The Morgan fingerprint density at radius 3 is 3.00 bits per heavy atom. The molecule has 1 aromatic heterocycles. The van der Waals surface area contributed by atoms with Crippen LogP contribution in [0.1, 0.15) is 18.4 Å². The maximum Gasteiger partial charge on any atom is 0.317 e. The highest BCUT2D eigenvalue weighted by atomic mass is 35.5. The average Bonchev–Trinajstić information content (AvgIpc) is 2.95. The number of nitrogens with zero attached hydrogens (tertiary/aromatic N) is 2. The number of hydrogen-bond acceptors (Lipinski definition) is 4. The van der Waals surface area contributed by atoms with E-state index in [1.807, 2.05) is 25.1 Å². The number of aliphatic carboxylic acids is 1. The lowest BCUT2D eigenvalue weighted by Gasteiger charge is -2.34. The van der Waals surface area contributed by atoms with Gasteiger partial charge in [-0.25, -0.2) is 9.78 Å². The van der Waals surface area contributed by atoms with Gasteiger partial charge < -0.3 is 15.3 Å². The Kier molecular flexibility index (Phi) is 5.44. The molecule has 1 saturated heterocycles. The maximum atomic E-state index is 12.3. The number of fused-ring (bicyclic) bond motifs is 1. The number of benzene rings is 1. The fraction of sp³-hybridized carbons (Fsp3) is 0.471. The number of thiazole rings is 1. The lowest BCUT2D eigenvalue weighted by Crippen LogP contribution is -2.49. The average molecular weight is 382 g/mol. The molecule has 0 bridgehead atoms. The van der Waals surface area contributed by atoms with Crippen molar-refractivity contribution in [1.82, 2.24) is 15.2 Å². The lowest BCUT2D eigenvalue weighted by molar-refractivity contribution is -0.143. The zero-order valence-corrected chi connectivity index (χ0v) is 15.4. The second-order valence-corrected chi connectivity index (χ2v) is 8.03. The Balaban J connectivity index is 1.53. The Labute approximate surface area is 154 Å². The number of carboxylic acids is 1. The third-order valence-corrected chi connectivity index (χ3v) is 5.64. The first-order valence-corrected chi connectivity index (χ1v) is 9.42. The molecule has 0 radical (unpaired) electrons. The highest BCUT2D eigenvalue weighted by Gasteiger charge is 2.31. The summed E-state index contributed by atoms with van der Waals surface area (Å²) in [5.74, 6) is -1.13. The van der Waals surface area contributed by atoms with Gasteiger partial charge in [0.05, 0.1) is 21.1 Å². The number of aromatic nitrogens is 1. The van der Waals surface area contributed by atoms with E-state index >= 15 is 0 Å². The molecule has 2 N–H and O–H groups in total. The third-order valence-electron chi connectivity index (χ3n) is 4.31. The van der Waals surface area contributed by atoms with Crippen LogP contribution >= 0.6 is 22.9 Å². The molecule has 25 heavy (non-hydrogen) atoms. The molecule has 134 valence electrons. The van der Waals surface area contributed by atoms with Gasteiger partial charge in [0, 0.05) is 31.1 Å². The van der Waals surface area contributed by atoms with E-state index < -0.39 is 11.9 Å². The number of carbonyl (C=O) groups is 2. The van der Waals surface area contributed by atoms with Gasteiger partial charge in [0.2, 0.25) is 0 Å². The van der Waals surface area contributed by atoms with E-state index in [0.717, 1.165) is 15.2 Å². The smallest absolute Gasteiger partial charge is 0.317 e. The minimum atomic E-state index is -0.836. The third kappa shape index (κ3) is 4.41. The van der Waals surface area contributed by atoms with Crippen LogP contribution in [-0.2, 0) is 11.2 Å². The van der Waals surface area contributed by atoms with Crippen molar-refractivity contribution in [2.75, 3.05) is 19.6 Å². The molecule has 1 aromatic carbocycles. The summed E-state index contributed by atoms with van der Waals surface area (Å²) in [7, 11) is 0. The summed E-state index contributed by atoms with van der Waals surface area (Å²) in [6.45, 7) is 3.30. The molecule has 1 aliphatic heterocycles. The van der Waals surface area contributed by atoms with Gasteiger partial charge in [0.25, 0.3) is 0 Å². The van der Waals surface area contributed by atoms with Gasteiger partial charge in [-0.3, -0.25) is 4.79 Å². The van der Waals surface area contributed by atoms with E-state index in [9.17, 15) is 14.7 Å². The standard InChI is InChI=1S/C17H20ClN3O3S/c1-10-6-11(16(22)23)9-21(8-10)17(24)19-5-4-15-20-13-7-12(18)2-3-14(13)25-15/h2-3,7,10-11H,4-6,8-9H2,1H3,(H,19,24)(H,22,23). The molecule has 0 aliphatic carbocycles. The minimum absolute atomic E-state index is 0.189. The molecule has 2 aromatic rings. The van der Waals surface area contributed by atoms with Crippen molar-refractivity contribution in [2.45, 2.75) is 19.8 Å². The molecule has 0 saturated carbocycles. The monoisotopic (exact) mass is 381 g/mol. The Morgan fingerprint density at radius 1 is 1.44 bits per heavy atom. The summed E-state index contributed by atoms with van der Waals surface area (Å²) >= 11 is 7.55. The van der Waals surface area contributed by atoms with Crippen molar-refractivity contribution in [3.63, 3.8) is 0 Å². The summed E-state index contributed by atoms with van der Waals surface area (Å²) in [4.78, 5) is 29.6. The van der Waals surface area contributed by atoms with Crippen molar-refractivity contribution in [3.05, 3.63) is 28.2 Å². The number of nitrogens with one attached hydrogen (secondary N) is 1. The van der Waals surface area contributed by atoms with Crippen LogP contribution in [0.2, 0.25) is 5.02 Å². The highest BCUT2D eigenvalue weighted by Crippen LogP contribution is 2.25. The van der Waals surface area contributed by atoms with Crippen molar-refractivity contribution in [3.8, 4) is 0 Å². The second kappa shape index (κ2) is 7.58.